The molecular weight excluding hydrogens is 598 g/mol. The molecule has 2 N–H and O–H groups in total. The van der Waals surface area contributed by atoms with Gasteiger partial charge in [-0.05, 0) is 71.1 Å². The van der Waals surface area contributed by atoms with Gasteiger partial charge in [-0.2, -0.15) is 0 Å². The van der Waals surface area contributed by atoms with Crippen molar-refractivity contribution in [3.63, 3.8) is 0 Å². The topological polar surface area (TPSA) is 119 Å². The van der Waals surface area contributed by atoms with Gasteiger partial charge >= 0.3 is 5.69 Å². The van der Waals surface area contributed by atoms with E-state index in [1.165, 1.54) is 60.9 Å². The summed E-state index contributed by atoms with van der Waals surface area (Å²) in [4.78, 5) is 42.5. The van der Waals surface area contributed by atoms with Crippen molar-refractivity contribution in [1.82, 2.24) is 9.55 Å². The number of ether oxygens (including phenoxy) is 1. The summed E-state index contributed by atoms with van der Waals surface area (Å²) in [6, 6.07) is 11.6. The molecule has 0 radical (unpaired) electrons. The molecule has 2 aromatic carbocycles. The van der Waals surface area contributed by atoms with Gasteiger partial charge in [-0.1, -0.05) is 23.2 Å². The van der Waals surface area contributed by atoms with Gasteiger partial charge < -0.3 is 14.9 Å². The van der Waals surface area contributed by atoms with Crippen LogP contribution in [-0.2, 0) is 4.74 Å². The van der Waals surface area contributed by atoms with E-state index < -0.39 is 47.7 Å². The number of carbonyl (C=O) groups is 2. The minimum Gasteiger partial charge on any atom is -0.382 e. The number of hydrogen-bond acceptors (Lipinski definition) is 7. The lowest BCUT2D eigenvalue weighted by Gasteiger charge is -2.29. The zero-order valence-corrected chi connectivity index (χ0v) is 20.9. The molecule has 1 aliphatic rings. The first kappa shape index (κ1) is 25.0. The first-order valence-electron chi connectivity index (χ1n) is 10.00. The summed E-state index contributed by atoms with van der Waals surface area (Å²) in [7, 11) is 0. The van der Waals surface area contributed by atoms with E-state index >= 15 is 0 Å². The maximum atomic E-state index is 13.4. The molecule has 0 amide bonds. The van der Waals surface area contributed by atoms with Crippen LogP contribution in [0.5, 0.6) is 0 Å². The predicted molar refractivity (Wildman–Crippen MR) is 132 cm³/mol. The van der Waals surface area contributed by atoms with Gasteiger partial charge in [-0.3, -0.25) is 14.2 Å². The van der Waals surface area contributed by atoms with Crippen molar-refractivity contribution >= 4 is 57.4 Å². The van der Waals surface area contributed by atoms with Gasteiger partial charge in [0.2, 0.25) is 0 Å². The van der Waals surface area contributed by atoms with Crippen LogP contribution in [0.25, 0.3) is 0 Å². The van der Waals surface area contributed by atoms with Crippen LogP contribution in [-0.4, -0.2) is 49.1 Å². The molecule has 0 bridgehead atoms. The lowest BCUT2D eigenvalue weighted by Crippen LogP contribution is -2.53. The molecular formula is C23H17Cl2IN2O6. The first-order valence-corrected chi connectivity index (χ1v) is 11.8. The quantitative estimate of drug-likeness (QED) is 0.323. The third-order valence-corrected chi connectivity index (χ3v) is 6.60. The number of hydrogen-bond donors (Lipinski definition) is 2. The molecule has 1 fully saturated rings. The molecule has 11 heteroatoms. The smallest absolute Gasteiger partial charge is 0.349 e. The Bertz CT molecular complexity index is 1300. The Balaban J connectivity index is 1.75. The minimum atomic E-state index is -2.33. The number of aliphatic hydroxyl groups excluding tert-OH is 1. The van der Waals surface area contributed by atoms with E-state index in [9.17, 15) is 24.6 Å². The average molecular weight is 615 g/mol. The number of halogens is 3. The van der Waals surface area contributed by atoms with Crippen molar-refractivity contribution < 1.29 is 24.5 Å². The number of aromatic nitrogens is 2. The Morgan fingerprint density at radius 1 is 1.09 bits per heavy atom. The van der Waals surface area contributed by atoms with Gasteiger partial charge in [0.25, 0.3) is 0 Å². The van der Waals surface area contributed by atoms with E-state index in [0.717, 1.165) is 4.57 Å². The summed E-state index contributed by atoms with van der Waals surface area (Å²) < 4.78 is 7.54. The van der Waals surface area contributed by atoms with Crippen molar-refractivity contribution in [1.29, 1.82) is 0 Å². The van der Waals surface area contributed by atoms with Gasteiger partial charge in [0.05, 0.1) is 0 Å². The number of Topliss-reactive ketones (excluding diaryl/α,β-unsaturated/α-hetero) is 2. The Kier molecular flexibility index (Phi) is 7.22. The number of nitrogens with zero attached hydrogens (tertiary/aromatic N) is 2. The van der Waals surface area contributed by atoms with Crippen LogP contribution in [0.2, 0.25) is 10.0 Å². The second kappa shape index (κ2) is 9.84. The Hall–Kier alpha value is -2.15. The zero-order chi connectivity index (χ0) is 24.6. The van der Waals surface area contributed by atoms with Crippen LogP contribution in [0.15, 0.2) is 65.7 Å². The molecule has 1 unspecified atom stereocenters. The Labute approximate surface area is 217 Å². The lowest BCUT2D eigenvalue weighted by atomic mass is 9.82. The fourth-order valence-electron chi connectivity index (χ4n) is 3.82. The molecule has 1 aromatic heterocycles. The van der Waals surface area contributed by atoms with Gasteiger partial charge in [-0.25, -0.2) is 9.78 Å². The molecule has 34 heavy (non-hydrogen) atoms. The van der Waals surface area contributed by atoms with Crippen LogP contribution >= 0.6 is 45.8 Å². The van der Waals surface area contributed by atoms with E-state index in [4.69, 9.17) is 27.9 Å². The molecule has 0 saturated carbocycles. The van der Waals surface area contributed by atoms with Crippen LogP contribution < -0.4 is 5.69 Å². The van der Waals surface area contributed by atoms with E-state index in [0.29, 0.717) is 13.6 Å². The lowest BCUT2D eigenvalue weighted by molar-refractivity contribution is -0.0916. The highest BCUT2D eigenvalue weighted by Gasteiger charge is 2.57. The number of benzene rings is 2. The molecule has 4 rings (SSSR count). The highest BCUT2D eigenvalue weighted by molar-refractivity contribution is 14.1. The van der Waals surface area contributed by atoms with Crippen LogP contribution in [0.1, 0.15) is 33.4 Å². The van der Waals surface area contributed by atoms with E-state index in [1.54, 1.807) is 0 Å². The molecule has 4 atom stereocenters. The third kappa shape index (κ3) is 4.81. The molecule has 3 aromatic rings. The Morgan fingerprint density at radius 3 is 2.24 bits per heavy atom. The van der Waals surface area contributed by atoms with Crippen LogP contribution in [0.3, 0.4) is 0 Å². The number of carbonyl (C=O) groups excluding carboxylic acids is 2. The minimum absolute atomic E-state index is 0.0976. The second-order valence-corrected chi connectivity index (χ2v) is 9.87. The van der Waals surface area contributed by atoms with Crippen LogP contribution in [0.4, 0.5) is 0 Å². The maximum Gasteiger partial charge on any atom is 0.349 e. The van der Waals surface area contributed by atoms with Crippen molar-refractivity contribution in [2.75, 3.05) is 0 Å². The summed E-state index contributed by atoms with van der Waals surface area (Å²) in [5.74, 6) is -1.57. The summed E-state index contributed by atoms with van der Waals surface area (Å²) in [6.45, 7) is 0. The predicted octanol–water partition coefficient (Wildman–Crippen LogP) is 3.30. The fraction of sp³-hybridized carbons (Fsp3) is 0.217. The molecule has 2 heterocycles. The maximum absolute atomic E-state index is 13.4. The van der Waals surface area contributed by atoms with Crippen molar-refractivity contribution in [2.24, 2.45) is 0 Å². The number of ketones is 2. The molecule has 176 valence electrons. The van der Waals surface area contributed by atoms with Crippen molar-refractivity contribution in [3.05, 3.63) is 96.2 Å². The average Bonchev–Trinajstić information content (AvgIpc) is 3.18. The highest BCUT2D eigenvalue weighted by atomic mass is 127. The van der Waals surface area contributed by atoms with Gasteiger partial charge in [0.15, 0.2) is 17.2 Å². The summed E-state index contributed by atoms with van der Waals surface area (Å²) in [6.07, 6.45) is -2.34. The summed E-state index contributed by atoms with van der Waals surface area (Å²) in [5.41, 5.74) is -2.80. The van der Waals surface area contributed by atoms with Gasteiger partial charge in [0, 0.05) is 43.6 Å². The molecule has 0 aliphatic carbocycles. The Morgan fingerprint density at radius 2 is 1.65 bits per heavy atom. The normalized spacial score (nSPS) is 23.0. The third-order valence-electron chi connectivity index (χ3n) is 5.54. The van der Waals surface area contributed by atoms with Crippen molar-refractivity contribution in [3.8, 4) is 0 Å². The second-order valence-electron chi connectivity index (χ2n) is 7.75. The largest absolute Gasteiger partial charge is 0.382 e. The standard InChI is InChI=1S/C23H17Cl2IN2O6/c24-14-5-1-12(2-6-14)18(29)19(30)21-23(33,20(31)13-3-7-15(25)8-4-13)9-17(34-21)28-11-16(26)10-27-22(28)32/h1-8,10-11,17,19,21,30,33H,9H2/t17-,19?,21-,23-/m1/s1. The molecule has 1 aliphatic heterocycles. The first-order chi connectivity index (χ1) is 16.1. The molecule has 8 nitrogen and oxygen atoms in total. The van der Waals surface area contributed by atoms with E-state index in [1.807, 2.05) is 22.6 Å². The van der Waals surface area contributed by atoms with E-state index in [-0.39, 0.29) is 11.1 Å². The highest BCUT2D eigenvalue weighted by Crippen LogP contribution is 2.41. The SMILES string of the molecule is O=C(c1ccc(Cl)cc1)C(O)[C@H]1O[C@@H](n2cc(I)cnc2=O)C[C@@]1(O)C(=O)c1ccc(Cl)cc1. The molecule has 0 spiro atoms. The monoisotopic (exact) mass is 614 g/mol. The summed E-state index contributed by atoms with van der Waals surface area (Å²) in [5, 5.41) is 23.3. The summed E-state index contributed by atoms with van der Waals surface area (Å²) >= 11 is 13.7. The number of aliphatic hydroxyl groups is 2. The van der Waals surface area contributed by atoms with E-state index in [2.05, 4.69) is 4.98 Å². The van der Waals surface area contributed by atoms with Gasteiger partial charge in [0.1, 0.15) is 18.4 Å². The van der Waals surface area contributed by atoms with Crippen LogP contribution in [0, 0.1) is 3.57 Å². The molecule has 1 saturated heterocycles. The van der Waals surface area contributed by atoms with Crippen molar-refractivity contribution in [2.45, 2.75) is 30.5 Å². The zero-order valence-electron chi connectivity index (χ0n) is 17.3. The van der Waals surface area contributed by atoms with Gasteiger partial charge in [-0.15, -0.1) is 0 Å². The fourth-order valence-corrected chi connectivity index (χ4v) is 4.51. The number of rotatable bonds is 6.